The Balaban J connectivity index is 1.40. The molecule has 1 saturated heterocycles. The molecule has 3 aliphatic rings. The summed E-state index contributed by atoms with van der Waals surface area (Å²) < 4.78 is 0. The van der Waals surface area contributed by atoms with Gasteiger partial charge in [-0.25, -0.2) is 9.97 Å². The van der Waals surface area contributed by atoms with Gasteiger partial charge in [-0.15, -0.1) is 0 Å². The third-order valence-corrected chi connectivity index (χ3v) is 5.42. The van der Waals surface area contributed by atoms with E-state index in [1.807, 2.05) is 0 Å². The Morgan fingerprint density at radius 2 is 1.74 bits per heavy atom. The number of nitrogens with zero attached hydrogens (tertiary/aromatic N) is 4. The van der Waals surface area contributed by atoms with E-state index < -0.39 is 0 Å². The quantitative estimate of drug-likeness (QED) is 0.860. The zero-order valence-corrected chi connectivity index (χ0v) is 14.0. The van der Waals surface area contributed by atoms with Crippen LogP contribution in [0.1, 0.15) is 56.0 Å². The van der Waals surface area contributed by atoms with Crippen molar-refractivity contribution in [3.8, 4) is 0 Å². The Morgan fingerprint density at radius 1 is 1.04 bits per heavy atom. The van der Waals surface area contributed by atoms with Crippen LogP contribution in [0.2, 0.25) is 0 Å². The molecule has 1 amide bonds. The predicted molar refractivity (Wildman–Crippen MR) is 89.5 cm³/mol. The van der Waals surface area contributed by atoms with Crippen molar-refractivity contribution < 1.29 is 4.79 Å². The van der Waals surface area contributed by atoms with Crippen molar-refractivity contribution in [1.29, 1.82) is 0 Å². The van der Waals surface area contributed by atoms with E-state index in [-0.39, 0.29) is 0 Å². The average molecular weight is 314 g/mol. The van der Waals surface area contributed by atoms with Crippen LogP contribution in [0.4, 0.5) is 5.82 Å². The van der Waals surface area contributed by atoms with E-state index in [1.54, 1.807) is 0 Å². The van der Waals surface area contributed by atoms with Gasteiger partial charge < -0.3 is 9.80 Å². The lowest BCUT2D eigenvalue weighted by atomic mass is 10.1. The van der Waals surface area contributed by atoms with Gasteiger partial charge in [0, 0.05) is 49.8 Å². The lowest BCUT2D eigenvalue weighted by Gasteiger charge is -2.36. The first-order valence-electron chi connectivity index (χ1n) is 9.10. The van der Waals surface area contributed by atoms with Crippen molar-refractivity contribution in [2.75, 3.05) is 31.1 Å². The minimum atomic E-state index is 0.296. The fraction of sp³-hybridized carbons (Fsp3) is 0.722. The fourth-order valence-electron chi connectivity index (χ4n) is 3.85. The van der Waals surface area contributed by atoms with Gasteiger partial charge in [-0.05, 0) is 32.6 Å². The highest BCUT2D eigenvalue weighted by Crippen LogP contribution is 2.38. The molecule has 1 aliphatic heterocycles. The Bertz CT molecular complexity index is 585. The summed E-state index contributed by atoms with van der Waals surface area (Å²) in [6, 6.07) is 2.08. The van der Waals surface area contributed by atoms with Crippen LogP contribution in [0.25, 0.3) is 0 Å². The van der Waals surface area contributed by atoms with Crippen LogP contribution in [-0.4, -0.2) is 47.0 Å². The second kappa shape index (κ2) is 6.10. The molecule has 23 heavy (non-hydrogen) atoms. The Hall–Kier alpha value is -1.65. The van der Waals surface area contributed by atoms with Crippen molar-refractivity contribution in [3.05, 3.63) is 17.6 Å². The third kappa shape index (κ3) is 3.19. The van der Waals surface area contributed by atoms with Gasteiger partial charge in [0.25, 0.3) is 0 Å². The molecule has 0 bridgehead atoms. The summed E-state index contributed by atoms with van der Waals surface area (Å²) in [6.07, 6.45) is 7.09. The van der Waals surface area contributed by atoms with Gasteiger partial charge in [-0.2, -0.15) is 0 Å². The van der Waals surface area contributed by atoms with Crippen molar-refractivity contribution >= 4 is 11.7 Å². The number of hydrogen-bond donors (Lipinski definition) is 0. The van der Waals surface area contributed by atoms with E-state index in [2.05, 4.69) is 27.8 Å². The van der Waals surface area contributed by atoms with Crippen LogP contribution >= 0.6 is 0 Å². The van der Waals surface area contributed by atoms with Gasteiger partial charge in [0.05, 0.1) is 0 Å². The fourth-order valence-corrected chi connectivity index (χ4v) is 3.85. The number of aromatic nitrogens is 2. The lowest BCUT2D eigenvalue weighted by molar-refractivity contribution is -0.135. The predicted octanol–water partition coefficient (Wildman–Crippen LogP) is 2.50. The maximum absolute atomic E-state index is 12.5. The molecule has 2 heterocycles. The first-order chi connectivity index (χ1) is 11.2. The normalized spacial score (nSPS) is 22.7. The molecule has 0 unspecified atom stereocenters. The number of anilines is 1. The molecule has 1 aromatic rings. The molecule has 0 radical (unpaired) electrons. The van der Waals surface area contributed by atoms with Gasteiger partial charge in [0.1, 0.15) is 11.6 Å². The largest absolute Gasteiger partial charge is 0.353 e. The second-order valence-corrected chi connectivity index (χ2v) is 7.29. The van der Waals surface area contributed by atoms with E-state index >= 15 is 0 Å². The molecular formula is C18H26N4O. The molecule has 1 aromatic heterocycles. The summed E-state index contributed by atoms with van der Waals surface area (Å²) in [6.45, 7) is 5.49. The number of carbonyl (C=O) groups is 1. The second-order valence-electron chi connectivity index (χ2n) is 7.29. The molecule has 3 fully saturated rings. The van der Waals surface area contributed by atoms with Crippen molar-refractivity contribution in [3.63, 3.8) is 0 Å². The Kier molecular flexibility index (Phi) is 3.95. The highest BCUT2D eigenvalue weighted by atomic mass is 16.2. The Labute approximate surface area is 138 Å². The van der Waals surface area contributed by atoms with Gasteiger partial charge in [-0.3, -0.25) is 4.79 Å². The first kappa shape index (κ1) is 14.9. The van der Waals surface area contributed by atoms with Crippen molar-refractivity contribution in [1.82, 2.24) is 14.9 Å². The number of rotatable bonds is 3. The summed E-state index contributed by atoms with van der Waals surface area (Å²) in [5.41, 5.74) is 1.06. The van der Waals surface area contributed by atoms with E-state index in [0.29, 0.717) is 17.7 Å². The van der Waals surface area contributed by atoms with Crippen molar-refractivity contribution in [2.45, 2.75) is 51.4 Å². The first-order valence-corrected chi connectivity index (χ1v) is 9.10. The summed E-state index contributed by atoms with van der Waals surface area (Å²) >= 11 is 0. The van der Waals surface area contributed by atoms with E-state index in [1.165, 1.54) is 25.7 Å². The minimum absolute atomic E-state index is 0.296. The van der Waals surface area contributed by atoms with Crippen LogP contribution in [0, 0.1) is 12.8 Å². The number of carbonyl (C=O) groups excluding carboxylic acids is 1. The SMILES string of the molecule is Cc1cc(N2CCN(C(=O)C3CCCC3)CC2)nc(C2CC2)n1. The van der Waals surface area contributed by atoms with Crippen molar-refractivity contribution in [2.24, 2.45) is 5.92 Å². The van der Waals surface area contributed by atoms with Gasteiger partial charge in [0.15, 0.2) is 0 Å². The molecular weight excluding hydrogens is 288 g/mol. The van der Waals surface area contributed by atoms with E-state index in [4.69, 9.17) is 4.98 Å². The monoisotopic (exact) mass is 314 g/mol. The summed E-state index contributed by atoms with van der Waals surface area (Å²) in [7, 11) is 0. The topological polar surface area (TPSA) is 49.3 Å². The lowest BCUT2D eigenvalue weighted by Crippen LogP contribution is -2.50. The summed E-state index contributed by atoms with van der Waals surface area (Å²) in [5.74, 6) is 3.33. The average Bonchev–Trinajstić information content (AvgIpc) is 3.28. The standard InChI is InChI=1S/C18H26N4O/c1-13-12-16(20-17(19-13)14-6-7-14)21-8-10-22(11-9-21)18(23)15-4-2-3-5-15/h12,14-15H,2-11H2,1H3. The van der Waals surface area contributed by atoms with Gasteiger partial charge >= 0.3 is 0 Å². The highest BCUT2D eigenvalue weighted by Gasteiger charge is 2.31. The molecule has 0 spiro atoms. The number of piperazine rings is 1. The molecule has 4 rings (SSSR count). The number of aryl methyl sites for hydroxylation is 1. The maximum atomic E-state index is 12.5. The van der Waals surface area contributed by atoms with E-state index in [9.17, 15) is 4.79 Å². The molecule has 0 atom stereocenters. The van der Waals surface area contributed by atoms with Gasteiger partial charge in [-0.1, -0.05) is 12.8 Å². The molecule has 5 heteroatoms. The zero-order chi connectivity index (χ0) is 15.8. The van der Waals surface area contributed by atoms with Crippen LogP contribution in [-0.2, 0) is 4.79 Å². The number of hydrogen-bond acceptors (Lipinski definition) is 4. The smallest absolute Gasteiger partial charge is 0.225 e. The van der Waals surface area contributed by atoms with Crippen LogP contribution in [0.5, 0.6) is 0 Å². The van der Waals surface area contributed by atoms with E-state index in [0.717, 1.165) is 56.4 Å². The minimum Gasteiger partial charge on any atom is -0.353 e. The van der Waals surface area contributed by atoms with Gasteiger partial charge in [0.2, 0.25) is 5.91 Å². The summed E-state index contributed by atoms with van der Waals surface area (Å²) in [5, 5.41) is 0. The molecule has 124 valence electrons. The molecule has 0 N–H and O–H groups in total. The van der Waals surface area contributed by atoms with Crippen LogP contribution in [0.15, 0.2) is 6.07 Å². The Morgan fingerprint density at radius 3 is 2.39 bits per heavy atom. The molecule has 5 nitrogen and oxygen atoms in total. The number of amides is 1. The summed E-state index contributed by atoms with van der Waals surface area (Å²) in [4.78, 5) is 26.3. The third-order valence-electron chi connectivity index (χ3n) is 5.42. The maximum Gasteiger partial charge on any atom is 0.225 e. The van der Waals surface area contributed by atoms with Crippen LogP contribution < -0.4 is 4.90 Å². The molecule has 2 aliphatic carbocycles. The molecule has 0 aromatic carbocycles. The highest BCUT2D eigenvalue weighted by molar-refractivity contribution is 5.79. The molecule has 2 saturated carbocycles. The zero-order valence-electron chi connectivity index (χ0n) is 14.0. The van der Waals surface area contributed by atoms with Crippen LogP contribution in [0.3, 0.4) is 0 Å².